The molecule has 0 bridgehead atoms. The van der Waals surface area contributed by atoms with Gasteiger partial charge in [0.05, 0.1) is 12.6 Å². The van der Waals surface area contributed by atoms with Crippen molar-refractivity contribution in [2.24, 2.45) is 0 Å². The third kappa shape index (κ3) is 3.90. The first-order valence-electron chi connectivity index (χ1n) is 9.34. The highest BCUT2D eigenvalue weighted by molar-refractivity contribution is 5.05. The van der Waals surface area contributed by atoms with Gasteiger partial charge in [-0.05, 0) is 26.2 Å². The van der Waals surface area contributed by atoms with Crippen molar-refractivity contribution in [2.45, 2.75) is 58.0 Å². The van der Waals surface area contributed by atoms with Crippen LogP contribution < -0.4 is 0 Å². The first-order chi connectivity index (χ1) is 12.2. The van der Waals surface area contributed by atoms with Crippen molar-refractivity contribution in [1.82, 2.24) is 30.1 Å². The van der Waals surface area contributed by atoms with Crippen molar-refractivity contribution >= 4 is 0 Å². The van der Waals surface area contributed by atoms with Crippen LogP contribution in [0.5, 0.6) is 0 Å². The summed E-state index contributed by atoms with van der Waals surface area (Å²) in [5.74, 6) is 3.70. The summed E-state index contributed by atoms with van der Waals surface area (Å²) in [5.41, 5.74) is 0. The Labute approximate surface area is 147 Å². The Morgan fingerprint density at radius 1 is 1.08 bits per heavy atom. The number of hydrogen-bond acceptors (Lipinski definition) is 8. The topological polar surface area (TPSA) is 84.3 Å². The highest BCUT2D eigenvalue weighted by atomic mass is 16.5. The van der Waals surface area contributed by atoms with Gasteiger partial charge >= 0.3 is 0 Å². The summed E-state index contributed by atoms with van der Waals surface area (Å²) >= 11 is 0. The molecule has 2 aromatic heterocycles. The molecule has 1 saturated carbocycles. The maximum Gasteiger partial charge on any atom is 0.243 e. The number of piperazine rings is 1. The van der Waals surface area contributed by atoms with Crippen LogP contribution in [0, 0.1) is 0 Å². The minimum absolute atomic E-state index is 0.170. The SMILES string of the molecule is CCCc1nc(CN2CCN([C@H](C)c3nc(C4CC4)no3)CC2)no1. The quantitative estimate of drug-likeness (QED) is 0.754. The molecular weight excluding hydrogens is 320 g/mol. The van der Waals surface area contributed by atoms with Crippen LogP contribution in [0.1, 0.15) is 68.5 Å². The fraction of sp³-hybridized carbons (Fsp3) is 0.765. The van der Waals surface area contributed by atoms with E-state index in [-0.39, 0.29) is 6.04 Å². The highest BCUT2D eigenvalue weighted by Crippen LogP contribution is 2.38. The van der Waals surface area contributed by atoms with Crippen molar-refractivity contribution in [3.63, 3.8) is 0 Å². The van der Waals surface area contributed by atoms with E-state index in [1.807, 2.05) is 0 Å². The zero-order valence-electron chi connectivity index (χ0n) is 15.0. The van der Waals surface area contributed by atoms with Crippen molar-refractivity contribution in [1.29, 1.82) is 0 Å². The molecule has 0 spiro atoms. The molecular formula is C17H26N6O2. The molecule has 1 aliphatic carbocycles. The van der Waals surface area contributed by atoms with Crippen LogP contribution in [0.15, 0.2) is 9.05 Å². The van der Waals surface area contributed by atoms with Crippen molar-refractivity contribution < 1.29 is 9.05 Å². The molecule has 3 heterocycles. The highest BCUT2D eigenvalue weighted by Gasteiger charge is 2.31. The second kappa shape index (κ2) is 7.21. The zero-order chi connectivity index (χ0) is 17.2. The van der Waals surface area contributed by atoms with Crippen molar-refractivity contribution in [3.05, 3.63) is 23.4 Å². The number of rotatable bonds is 7. The summed E-state index contributed by atoms with van der Waals surface area (Å²) in [4.78, 5) is 13.8. The average molecular weight is 346 g/mol. The summed E-state index contributed by atoms with van der Waals surface area (Å²) in [6.45, 7) is 8.92. The molecule has 1 atom stereocenters. The molecule has 0 N–H and O–H groups in total. The van der Waals surface area contributed by atoms with Gasteiger partial charge in [-0.2, -0.15) is 9.97 Å². The van der Waals surface area contributed by atoms with Gasteiger partial charge in [0.15, 0.2) is 11.6 Å². The summed E-state index contributed by atoms with van der Waals surface area (Å²) in [6.07, 6.45) is 4.27. The maximum absolute atomic E-state index is 5.48. The lowest BCUT2D eigenvalue weighted by Crippen LogP contribution is -2.46. The summed E-state index contributed by atoms with van der Waals surface area (Å²) in [5, 5.41) is 8.21. The Bertz CT molecular complexity index is 687. The van der Waals surface area contributed by atoms with Crippen molar-refractivity contribution in [2.75, 3.05) is 26.2 Å². The Morgan fingerprint density at radius 2 is 1.88 bits per heavy atom. The largest absolute Gasteiger partial charge is 0.339 e. The Morgan fingerprint density at radius 3 is 2.60 bits per heavy atom. The lowest BCUT2D eigenvalue weighted by atomic mass is 10.2. The third-order valence-electron chi connectivity index (χ3n) is 5.05. The van der Waals surface area contributed by atoms with Gasteiger partial charge in [0, 0.05) is 38.5 Å². The van der Waals surface area contributed by atoms with Crippen molar-refractivity contribution in [3.8, 4) is 0 Å². The molecule has 0 radical (unpaired) electrons. The molecule has 1 aliphatic heterocycles. The van der Waals surface area contributed by atoms with E-state index in [0.29, 0.717) is 5.92 Å². The van der Waals surface area contributed by atoms with Crippen LogP contribution >= 0.6 is 0 Å². The lowest BCUT2D eigenvalue weighted by Gasteiger charge is -2.36. The van der Waals surface area contributed by atoms with Crippen LogP contribution in [0.4, 0.5) is 0 Å². The number of aromatic nitrogens is 4. The second-order valence-corrected chi connectivity index (χ2v) is 7.11. The Hall–Kier alpha value is -1.80. The smallest absolute Gasteiger partial charge is 0.243 e. The third-order valence-corrected chi connectivity index (χ3v) is 5.05. The van der Waals surface area contributed by atoms with E-state index in [1.54, 1.807) is 0 Å². The molecule has 25 heavy (non-hydrogen) atoms. The van der Waals surface area contributed by atoms with Gasteiger partial charge in [-0.3, -0.25) is 9.80 Å². The Balaban J connectivity index is 1.28. The lowest BCUT2D eigenvalue weighted by molar-refractivity contribution is 0.0827. The van der Waals surface area contributed by atoms with Crippen LogP contribution in [0.2, 0.25) is 0 Å². The Kier molecular flexibility index (Phi) is 4.80. The average Bonchev–Trinajstić information content (AvgIpc) is 3.19. The second-order valence-electron chi connectivity index (χ2n) is 7.11. The minimum atomic E-state index is 0.170. The molecule has 2 aromatic rings. The first kappa shape index (κ1) is 16.7. The molecule has 2 aliphatic rings. The van der Waals surface area contributed by atoms with Gasteiger partial charge in [-0.15, -0.1) is 0 Å². The number of aryl methyl sites for hydroxylation is 1. The fourth-order valence-electron chi connectivity index (χ4n) is 3.26. The summed E-state index contributed by atoms with van der Waals surface area (Å²) in [7, 11) is 0. The van der Waals surface area contributed by atoms with E-state index in [2.05, 4.69) is 43.9 Å². The van der Waals surface area contributed by atoms with E-state index >= 15 is 0 Å². The van der Waals surface area contributed by atoms with Gasteiger partial charge in [-0.25, -0.2) is 0 Å². The molecule has 0 aromatic carbocycles. The van der Waals surface area contributed by atoms with E-state index < -0.39 is 0 Å². The normalized spacial score (nSPS) is 20.9. The monoisotopic (exact) mass is 346 g/mol. The van der Waals surface area contributed by atoms with E-state index in [9.17, 15) is 0 Å². The molecule has 0 amide bonds. The van der Waals surface area contributed by atoms with Gasteiger partial charge in [0.25, 0.3) is 0 Å². The fourth-order valence-corrected chi connectivity index (χ4v) is 3.26. The zero-order valence-corrected chi connectivity index (χ0v) is 15.0. The van der Waals surface area contributed by atoms with Crippen LogP contribution in [-0.4, -0.2) is 56.3 Å². The summed E-state index contributed by atoms with van der Waals surface area (Å²) < 4.78 is 10.7. The maximum atomic E-state index is 5.48. The standard InChI is InChI=1S/C17H26N6O2/c1-3-4-15-18-14(20-24-15)11-22-7-9-23(10-8-22)12(2)17-19-16(21-25-17)13-5-6-13/h12-13H,3-11H2,1-2H3/t12-/m1/s1. The molecule has 1 saturated heterocycles. The molecule has 2 fully saturated rings. The van der Waals surface area contributed by atoms with Gasteiger partial charge in [0.2, 0.25) is 11.8 Å². The molecule has 136 valence electrons. The minimum Gasteiger partial charge on any atom is -0.339 e. The van der Waals surface area contributed by atoms with Crippen LogP contribution in [-0.2, 0) is 13.0 Å². The van der Waals surface area contributed by atoms with Crippen LogP contribution in [0.25, 0.3) is 0 Å². The predicted octanol–water partition coefficient (Wildman–Crippen LogP) is 2.16. The first-order valence-corrected chi connectivity index (χ1v) is 9.34. The molecule has 8 heteroatoms. The van der Waals surface area contributed by atoms with E-state index in [4.69, 9.17) is 9.05 Å². The number of nitrogens with zero attached hydrogens (tertiary/aromatic N) is 6. The molecule has 8 nitrogen and oxygen atoms in total. The number of hydrogen-bond donors (Lipinski definition) is 0. The summed E-state index contributed by atoms with van der Waals surface area (Å²) in [6, 6.07) is 0.170. The van der Waals surface area contributed by atoms with Gasteiger partial charge in [-0.1, -0.05) is 17.2 Å². The van der Waals surface area contributed by atoms with E-state index in [1.165, 1.54) is 12.8 Å². The molecule has 0 unspecified atom stereocenters. The van der Waals surface area contributed by atoms with Gasteiger partial charge in [0.1, 0.15) is 0 Å². The molecule has 4 rings (SSSR count). The van der Waals surface area contributed by atoms with Gasteiger partial charge < -0.3 is 9.05 Å². The van der Waals surface area contributed by atoms with E-state index in [0.717, 1.165) is 69.0 Å². The van der Waals surface area contributed by atoms with Crippen LogP contribution in [0.3, 0.4) is 0 Å². The predicted molar refractivity (Wildman–Crippen MR) is 89.8 cm³/mol.